The monoisotopic (exact) mass is 276 g/mol. The van der Waals surface area contributed by atoms with E-state index in [2.05, 4.69) is 31.4 Å². The SMILES string of the molecule is CC(C)CNCC(C)NCC1CCCCS1(=O)=O. The van der Waals surface area contributed by atoms with Crippen molar-refractivity contribution in [1.29, 1.82) is 0 Å². The summed E-state index contributed by atoms with van der Waals surface area (Å²) in [5.41, 5.74) is 0. The lowest BCUT2D eigenvalue weighted by Gasteiger charge is -2.24. The Morgan fingerprint density at radius 2 is 1.89 bits per heavy atom. The summed E-state index contributed by atoms with van der Waals surface area (Å²) in [5.74, 6) is 1.02. The molecule has 1 aliphatic heterocycles. The summed E-state index contributed by atoms with van der Waals surface area (Å²) in [6.45, 7) is 8.97. The van der Waals surface area contributed by atoms with E-state index in [0.29, 0.717) is 24.3 Å². The maximum atomic E-state index is 11.8. The first-order chi connectivity index (χ1) is 8.42. The molecule has 2 N–H and O–H groups in total. The fourth-order valence-corrected chi connectivity index (χ4v) is 4.06. The molecule has 0 aromatic heterocycles. The van der Waals surface area contributed by atoms with Crippen molar-refractivity contribution in [2.45, 2.75) is 51.3 Å². The summed E-state index contributed by atoms with van der Waals surface area (Å²) in [6.07, 6.45) is 2.71. The highest BCUT2D eigenvalue weighted by Crippen LogP contribution is 2.18. The van der Waals surface area contributed by atoms with Crippen molar-refractivity contribution in [3.8, 4) is 0 Å². The van der Waals surface area contributed by atoms with Crippen molar-refractivity contribution in [2.75, 3.05) is 25.4 Å². The summed E-state index contributed by atoms with van der Waals surface area (Å²) in [6, 6.07) is 0.320. The third-order valence-corrected chi connectivity index (χ3v) is 5.69. The van der Waals surface area contributed by atoms with E-state index in [0.717, 1.165) is 32.4 Å². The van der Waals surface area contributed by atoms with E-state index < -0.39 is 9.84 Å². The molecule has 0 bridgehead atoms. The van der Waals surface area contributed by atoms with Crippen LogP contribution in [-0.4, -0.2) is 45.1 Å². The first kappa shape index (κ1) is 15.9. The minimum atomic E-state index is -2.84. The Hall–Kier alpha value is -0.130. The van der Waals surface area contributed by atoms with E-state index >= 15 is 0 Å². The molecule has 2 atom stereocenters. The lowest BCUT2D eigenvalue weighted by Crippen LogP contribution is -2.44. The van der Waals surface area contributed by atoms with Gasteiger partial charge in [0, 0.05) is 19.1 Å². The Bertz CT molecular complexity index is 328. The maximum Gasteiger partial charge on any atom is 0.154 e. The quantitative estimate of drug-likeness (QED) is 0.733. The summed E-state index contributed by atoms with van der Waals surface area (Å²) in [5, 5.41) is 6.55. The second kappa shape index (κ2) is 7.46. The summed E-state index contributed by atoms with van der Waals surface area (Å²) < 4.78 is 23.7. The normalized spacial score (nSPS) is 25.2. The van der Waals surface area contributed by atoms with Crippen molar-refractivity contribution in [1.82, 2.24) is 10.6 Å². The van der Waals surface area contributed by atoms with E-state index in [1.54, 1.807) is 0 Å². The molecule has 5 heteroatoms. The second-order valence-electron chi connectivity index (χ2n) is 5.85. The first-order valence-electron chi connectivity index (χ1n) is 7.07. The third kappa shape index (κ3) is 5.67. The van der Waals surface area contributed by atoms with Crippen LogP contribution >= 0.6 is 0 Å². The molecule has 2 unspecified atom stereocenters. The van der Waals surface area contributed by atoms with Gasteiger partial charge < -0.3 is 10.6 Å². The number of hydrogen-bond acceptors (Lipinski definition) is 4. The molecule has 1 rings (SSSR count). The molecular formula is C13H28N2O2S. The van der Waals surface area contributed by atoms with Gasteiger partial charge in [0.1, 0.15) is 0 Å². The Kier molecular flexibility index (Phi) is 6.60. The van der Waals surface area contributed by atoms with Gasteiger partial charge in [-0.3, -0.25) is 0 Å². The zero-order valence-electron chi connectivity index (χ0n) is 11.9. The lowest BCUT2D eigenvalue weighted by atomic mass is 10.2. The molecule has 0 aromatic rings. The standard InChI is InChI=1S/C13H28N2O2S/c1-11(2)8-14-9-12(3)15-10-13-6-4-5-7-18(13,16)17/h11-15H,4-10H2,1-3H3. The average Bonchev–Trinajstić information content (AvgIpc) is 2.26. The highest BCUT2D eigenvalue weighted by Gasteiger charge is 2.28. The predicted octanol–water partition coefficient (Wildman–Crippen LogP) is 1.18. The smallest absolute Gasteiger partial charge is 0.154 e. The molecule has 108 valence electrons. The van der Waals surface area contributed by atoms with Gasteiger partial charge in [0.15, 0.2) is 9.84 Å². The topological polar surface area (TPSA) is 58.2 Å². The molecule has 1 saturated heterocycles. The minimum Gasteiger partial charge on any atom is -0.315 e. The van der Waals surface area contributed by atoms with Crippen LogP contribution in [0, 0.1) is 5.92 Å². The van der Waals surface area contributed by atoms with Gasteiger partial charge in [-0.2, -0.15) is 0 Å². The maximum absolute atomic E-state index is 11.8. The van der Waals surface area contributed by atoms with Crippen LogP contribution in [0.3, 0.4) is 0 Å². The van der Waals surface area contributed by atoms with Gasteiger partial charge in [-0.15, -0.1) is 0 Å². The summed E-state index contributed by atoms with van der Waals surface area (Å²) in [7, 11) is -2.84. The van der Waals surface area contributed by atoms with Crippen molar-refractivity contribution < 1.29 is 8.42 Å². The third-order valence-electron chi connectivity index (χ3n) is 3.41. The Labute approximate surface area is 112 Å². The molecule has 4 nitrogen and oxygen atoms in total. The van der Waals surface area contributed by atoms with Gasteiger partial charge in [-0.05, 0) is 32.2 Å². The van der Waals surface area contributed by atoms with Crippen LogP contribution in [0.25, 0.3) is 0 Å². The Balaban J connectivity index is 2.23. The fraction of sp³-hybridized carbons (Fsp3) is 1.00. The first-order valence-corrected chi connectivity index (χ1v) is 8.79. The summed E-state index contributed by atoms with van der Waals surface area (Å²) in [4.78, 5) is 0. The van der Waals surface area contributed by atoms with Crippen LogP contribution in [0.2, 0.25) is 0 Å². The predicted molar refractivity (Wildman–Crippen MR) is 76.6 cm³/mol. The number of hydrogen-bond donors (Lipinski definition) is 2. The highest BCUT2D eigenvalue weighted by atomic mass is 32.2. The molecule has 0 aromatic carbocycles. The molecule has 1 heterocycles. The molecule has 1 aliphatic rings. The van der Waals surface area contributed by atoms with Crippen LogP contribution in [0.15, 0.2) is 0 Å². The Morgan fingerprint density at radius 3 is 2.50 bits per heavy atom. The van der Waals surface area contributed by atoms with Crippen molar-refractivity contribution in [3.05, 3.63) is 0 Å². The second-order valence-corrected chi connectivity index (χ2v) is 8.25. The number of nitrogens with one attached hydrogen (secondary N) is 2. The molecule has 0 spiro atoms. The summed E-state index contributed by atoms with van der Waals surface area (Å²) >= 11 is 0. The van der Waals surface area contributed by atoms with E-state index in [9.17, 15) is 8.42 Å². The lowest BCUT2D eigenvalue weighted by molar-refractivity contribution is 0.455. The molecular weight excluding hydrogens is 248 g/mol. The minimum absolute atomic E-state index is 0.168. The zero-order valence-corrected chi connectivity index (χ0v) is 12.7. The highest BCUT2D eigenvalue weighted by molar-refractivity contribution is 7.92. The van der Waals surface area contributed by atoms with Gasteiger partial charge >= 0.3 is 0 Å². The van der Waals surface area contributed by atoms with Gasteiger partial charge in [-0.25, -0.2) is 8.42 Å². The Morgan fingerprint density at radius 1 is 1.17 bits per heavy atom. The molecule has 0 radical (unpaired) electrons. The van der Waals surface area contributed by atoms with Crippen LogP contribution < -0.4 is 10.6 Å². The van der Waals surface area contributed by atoms with Crippen molar-refractivity contribution >= 4 is 9.84 Å². The van der Waals surface area contributed by atoms with E-state index in [4.69, 9.17) is 0 Å². The van der Waals surface area contributed by atoms with E-state index in [-0.39, 0.29) is 5.25 Å². The molecule has 0 amide bonds. The van der Waals surface area contributed by atoms with Gasteiger partial charge in [0.2, 0.25) is 0 Å². The molecule has 18 heavy (non-hydrogen) atoms. The van der Waals surface area contributed by atoms with Gasteiger partial charge in [0.25, 0.3) is 0 Å². The van der Waals surface area contributed by atoms with Crippen LogP contribution in [-0.2, 0) is 9.84 Å². The van der Waals surface area contributed by atoms with E-state index in [1.807, 2.05) is 0 Å². The van der Waals surface area contributed by atoms with Crippen LogP contribution in [0.4, 0.5) is 0 Å². The zero-order chi connectivity index (χ0) is 13.6. The largest absolute Gasteiger partial charge is 0.315 e. The molecule has 0 saturated carbocycles. The van der Waals surface area contributed by atoms with Gasteiger partial charge in [-0.1, -0.05) is 20.3 Å². The fourth-order valence-electron chi connectivity index (χ4n) is 2.24. The van der Waals surface area contributed by atoms with Crippen LogP contribution in [0.1, 0.15) is 40.0 Å². The van der Waals surface area contributed by atoms with Crippen LogP contribution in [0.5, 0.6) is 0 Å². The van der Waals surface area contributed by atoms with Gasteiger partial charge in [0.05, 0.1) is 11.0 Å². The number of sulfone groups is 1. The molecule has 0 aliphatic carbocycles. The number of rotatable bonds is 7. The van der Waals surface area contributed by atoms with E-state index in [1.165, 1.54) is 0 Å². The van der Waals surface area contributed by atoms with Crippen molar-refractivity contribution in [3.63, 3.8) is 0 Å². The molecule has 1 fully saturated rings. The average molecular weight is 276 g/mol. The van der Waals surface area contributed by atoms with Crippen molar-refractivity contribution in [2.24, 2.45) is 5.92 Å².